The van der Waals surface area contributed by atoms with Gasteiger partial charge in [0.05, 0.1) is 12.1 Å². The summed E-state index contributed by atoms with van der Waals surface area (Å²) in [6.45, 7) is 0. The maximum absolute atomic E-state index is 11.2. The lowest BCUT2D eigenvalue weighted by atomic mass is 10.2. The van der Waals surface area contributed by atoms with Crippen LogP contribution in [0.3, 0.4) is 0 Å². The summed E-state index contributed by atoms with van der Waals surface area (Å²) >= 11 is 0. The molecule has 1 rings (SSSR count). The molecule has 92 valence electrons. The van der Waals surface area contributed by atoms with E-state index in [0.29, 0.717) is 5.69 Å². The number of carboxylic acid groups (broad SMARTS) is 1. The molecule has 1 aromatic carbocycles. The van der Waals surface area contributed by atoms with Crippen molar-refractivity contribution in [2.75, 3.05) is 5.43 Å². The number of hydrazine groups is 1. The van der Waals surface area contributed by atoms with Gasteiger partial charge in [-0.3, -0.25) is 10.2 Å². The van der Waals surface area contributed by atoms with Crippen molar-refractivity contribution in [3.63, 3.8) is 0 Å². The summed E-state index contributed by atoms with van der Waals surface area (Å²) in [4.78, 5) is 26.0. The second kappa shape index (κ2) is 6.46. The van der Waals surface area contributed by atoms with E-state index in [1.807, 2.05) is 6.07 Å². The lowest BCUT2D eigenvalue weighted by Crippen LogP contribution is -2.39. The normalized spacial score (nSPS) is 11.6. The number of carbonyl (C=O) groups is 2. The average molecular weight is 239 g/mol. The van der Waals surface area contributed by atoms with Gasteiger partial charge >= 0.3 is 11.9 Å². The third kappa shape index (κ3) is 4.96. The number of para-hydroxylation sites is 1. The minimum Gasteiger partial charge on any atom is -0.481 e. The number of carbonyl (C=O) groups excluding carboxylic acids is 1. The maximum Gasteiger partial charge on any atom is 0.344 e. The van der Waals surface area contributed by atoms with Crippen LogP contribution in [-0.4, -0.2) is 23.1 Å². The van der Waals surface area contributed by atoms with E-state index in [-0.39, 0.29) is 0 Å². The fraction of sp³-hybridized carbons (Fsp3) is 0.200. The molecule has 0 fully saturated rings. The highest BCUT2D eigenvalue weighted by atomic mass is 16.7. The molecule has 5 N–H and O–H groups in total. The van der Waals surface area contributed by atoms with Gasteiger partial charge in [0.1, 0.15) is 6.04 Å². The predicted octanol–water partition coefficient (Wildman–Crippen LogP) is -0.137. The summed E-state index contributed by atoms with van der Waals surface area (Å²) in [5, 5.41) is 8.41. The van der Waals surface area contributed by atoms with Gasteiger partial charge in [-0.05, 0) is 12.1 Å². The van der Waals surface area contributed by atoms with E-state index in [4.69, 9.17) is 10.8 Å². The van der Waals surface area contributed by atoms with E-state index in [9.17, 15) is 9.59 Å². The first kappa shape index (κ1) is 12.9. The Morgan fingerprint density at radius 1 is 1.35 bits per heavy atom. The highest BCUT2D eigenvalue weighted by Crippen LogP contribution is 2.02. The van der Waals surface area contributed by atoms with Crippen LogP contribution in [0.25, 0.3) is 0 Å². The molecule has 7 nitrogen and oxygen atoms in total. The first-order chi connectivity index (χ1) is 8.09. The molecule has 1 atom stereocenters. The van der Waals surface area contributed by atoms with Crippen LogP contribution in [0, 0.1) is 0 Å². The Labute approximate surface area is 97.5 Å². The van der Waals surface area contributed by atoms with Crippen LogP contribution in [0.4, 0.5) is 5.69 Å². The number of hydrogen-bond donors (Lipinski definition) is 4. The molecular formula is C10H13N3O4. The second-order valence-electron chi connectivity index (χ2n) is 3.22. The summed E-state index contributed by atoms with van der Waals surface area (Å²) in [7, 11) is 0. The van der Waals surface area contributed by atoms with E-state index in [2.05, 4.69) is 15.9 Å². The van der Waals surface area contributed by atoms with E-state index in [0.717, 1.165) is 0 Å². The molecule has 17 heavy (non-hydrogen) atoms. The summed E-state index contributed by atoms with van der Waals surface area (Å²) in [6.07, 6.45) is -0.480. The van der Waals surface area contributed by atoms with E-state index < -0.39 is 24.4 Å². The Morgan fingerprint density at radius 2 is 2.00 bits per heavy atom. The van der Waals surface area contributed by atoms with Gasteiger partial charge in [0, 0.05) is 0 Å². The van der Waals surface area contributed by atoms with Gasteiger partial charge in [0.2, 0.25) is 0 Å². The highest BCUT2D eigenvalue weighted by molar-refractivity contribution is 5.81. The molecule has 0 amide bonds. The first-order valence-corrected chi connectivity index (χ1v) is 4.83. The Hall–Kier alpha value is -2.12. The minimum atomic E-state index is -1.20. The topological polar surface area (TPSA) is 114 Å². The average Bonchev–Trinajstić information content (AvgIpc) is 2.29. The molecular weight excluding hydrogens is 226 g/mol. The lowest BCUT2D eigenvalue weighted by Gasteiger charge is -2.10. The smallest absolute Gasteiger partial charge is 0.344 e. The van der Waals surface area contributed by atoms with Crippen LogP contribution in [0.2, 0.25) is 0 Å². The zero-order valence-corrected chi connectivity index (χ0v) is 8.92. The van der Waals surface area contributed by atoms with Crippen molar-refractivity contribution in [3.8, 4) is 0 Å². The van der Waals surface area contributed by atoms with E-state index >= 15 is 0 Å². The van der Waals surface area contributed by atoms with Gasteiger partial charge in [-0.25, -0.2) is 4.79 Å². The summed E-state index contributed by atoms with van der Waals surface area (Å²) < 4.78 is 0. The van der Waals surface area contributed by atoms with Gasteiger partial charge in [-0.2, -0.15) is 0 Å². The van der Waals surface area contributed by atoms with E-state index in [1.54, 1.807) is 24.3 Å². The molecule has 0 aliphatic heterocycles. The molecule has 7 heteroatoms. The molecule has 0 radical (unpaired) electrons. The molecule has 0 aromatic heterocycles. The Bertz CT molecular complexity index is 382. The Morgan fingerprint density at radius 3 is 2.59 bits per heavy atom. The monoisotopic (exact) mass is 239 g/mol. The molecule has 0 aliphatic rings. The molecule has 0 bridgehead atoms. The van der Waals surface area contributed by atoms with Crippen LogP contribution in [0.1, 0.15) is 6.42 Å². The van der Waals surface area contributed by atoms with Crippen molar-refractivity contribution >= 4 is 17.6 Å². The Balaban J connectivity index is 2.27. The second-order valence-corrected chi connectivity index (χ2v) is 3.22. The Kier molecular flexibility index (Phi) is 4.92. The van der Waals surface area contributed by atoms with Gasteiger partial charge < -0.3 is 15.7 Å². The zero-order valence-electron chi connectivity index (χ0n) is 8.92. The van der Waals surface area contributed by atoms with Crippen LogP contribution < -0.4 is 16.7 Å². The number of hydrogen-bond acceptors (Lipinski definition) is 6. The summed E-state index contributed by atoms with van der Waals surface area (Å²) in [5.41, 5.74) is 10.7. The molecule has 0 aliphatic carbocycles. The predicted molar refractivity (Wildman–Crippen MR) is 59.5 cm³/mol. The SMILES string of the molecule is NC(CC(=O)O)C(=O)ONNc1ccccc1. The highest BCUT2D eigenvalue weighted by Gasteiger charge is 2.18. The lowest BCUT2D eigenvalue weighted by molar-refractivity contribution is -0.154. The van der Waals surface area contributed by atoms with Crippen LogP contribution in [0.15, 0.2) is 30.3 Å². The first-order valence-electron chi connectivity index (χ1n) is 4.83. The summed E-state index contributed by atoms with van der Waals surface area (Å²) in [6, 6.07) is 7.72. The zero-order chi connectivity index (χ0) is 12.7. The van der Waals surface area contributed by atoms with Crippen molar-refractivity contribution in [2.45, 2.75) is 12.5 Å². The number of carboxylic acids is 1. The van der Waals surface area contributed by atoms with Crippen molar-refractivity contribution in [1.29, 1.82) is 0 Å². The van der Waals surface area contributed by atoms with Gasteiger partial charge in [-0.15, -0.1) is 0 Å². The number of rotatable bonds is 6. The molecule has 0 saturated heterocycles. The summed E-state index contributed by atoms with van der Waals surface area (Å²) in [5.74, 6) is -2.01. The molecule has 1 aromatic rings. The molecule has 0 spiro atoms. The quantitative estimate of drug-likeness (QED) is 0.511. The fourth-order valence-corrected chi connectivity index (χ4v) is 1.00. The maximum atomic E-state index is 11.2. The third-order valence-electron chi connectivity index (χ3n) is 1.82. The number of nitrogens with one attached hydrogen (secondary N) is 2. The van der Waals surface area contributed by atoms with Crippen LogP contribution >= 0.6 is 0 Å². The van der Waals surface area contributed by atoms with Crippen LogP contribution in [0.5, 0.6) is 0 Å². The molecule has 1 unspecified atom stereocenters. The van der Waals surface area contributed by atoms with Gasteiger partial charge in [0.15, 0.2) is 0 Å². The van der Waals surface area contributed by atoms with E-state index in [1.165, 1.54) is 0 Å². The molecule has 0 saturated carbocycles. The van der Waals surface area contributed by atoms with Crippen LogP contribution in [-0.2, 0) is 14.4 Å². The fourth-order valence-electron chi connectivity index (χ4n) is 1.00. The minimum absolute atomic E-state index is 0.480. The van der Waals surface area contributed by atoms with Crippen molar-refractivity contribution in [1.82, 2.24) is 5.59 Å². The van der Waals surface area contributed by atoms with Crippen molar-refractivity contribution in [3.05, 3.63) is 30.3 Å². The number of aliphatic carboxylic acids is 1. The van der Waals surface area contributed by atoms with Crippen molar-refractivity contribution in [2.24, 2.45) is 5.73 Å². The number of nitrogens with two attached hydrogens (primary N) is 1. The number of anilines is 1. The van der Waals surface area contributed by atoms with Crippen molar-refractivity contribution < 1.29 is 19.5 Å². The molecule has 0 heterocycles. The number of benzene rings is 1. The van der Waals surface area contributed by atoms with Gasteiger partial charge in [0.25, 0.3) is 0 Å². The standard InChI is InChI=1S/C10H13N3O4/c11-8(6-9(14)15)10(16)17-13-12-7-4-2-1-3-5-7/h1-5,8,12-13H,6,11H2,(H,14,15). The third-order valence-corrected chi connectivity index (χ3v) is 1.82. The largest absolute Gasteiger partial charge is 0.481 e. The van der Waals surface area contributed by atoms with Gasteiger partial charge in [-0.1, -0.05) is 23.8 Å².